The first-order valence-electron chi connectivity index (χ1n) is 6.21. The Hall–Kier alpha value is -1.36. The largest absolute Gasteiger partial charge is 0.493 e. The van der Waals surface area contributed by atoms with E-state index in [0.717, 1.165) is 18.3 Å². The van der Waals surface area contributed by atoms with Gasteiger partial charge in [-0.2, -0.15) is 0 Å². The number of ether oxygens (including phenoxy) is 1. The SMILES string of the molecule is CSN(C)c1cc(C)cc(OCC2CC2)c1.O=CO. The van der Waals surface area contributed by atoms with Gasteiger partial charge >= 0.3 is 0 Å². The van der Waals surface area contributed by atoms with Crippen molar-refractivity contribution in [3.05, 3.63) is 23.8 Å². The summed E-state index contributed by atoms with van der Waals surface area (Å²) in [5.41, 5.74) is 2.46. The van der Waals surface area contributed by atoms with Gasteiger partial charge in [0.2, 0.25) is 0 Å². The van der Waals surface area contributed by atoms with Crippen LogP contribution in [0.3, 0.4) is 0 Å². The predicted molar refractivity (Wildman–Crippen MR) is 80.0 cm³/mol. The molecule has 5 heteroatoms. The van der Waals surface area contributed by atoms with Crippen LogP contribution in [0.4, 0.5) is 5.69 Å². The molecule has 1 aromatic rings. The maximum Gasteiger partial charge on any atom is 0.290 e. The van der Waals surface area contributed by atoms with E-state index in [2.05, 4.69) is 42.7 Å². The Morgan fingerprint density at radius 3 is 2.63 bits per heavy atom. The summed E-state index contributed by atoms with van der Waals surface area (Å²) in [6, 6.07) is 6.41. The summed E-state index contributed by atoms with van der Waals surface area (Å²) in [5.74, 6) is 1.81. The van der Waals surface area contributed by atoms with Crippen LogP contribution in [0.25, 0.3) is 0 Å². The van der Waals surface area contributed by atoms with Gasteiger partial charge in [0, 0.05) is 19.4 Å². The molecule has 0 heterocycles. The van der Waals surface area contributed by atoms with Crippen LogP contribution in [0.1, 0.15) is 18.4 Å². The molecule has 1 aliphatic carbocycles. The van der Waals surface area contributed by atoms with Crippen molar-refractivity contribution in [3.8, 4) is 5.75 Å². The average molecular weight is 283 g/mol. The van der Waals surface area contributed by atoms with Crippen LogP contribution in [0.15, 0.2) is 18.2 Å². The Morgan fingerprint density at radius 1 is 1.47 bits per heavy atom. The number of anilines is 1. The third-order valence-electron chi connectivity index (χ3n) is 2.86. The van der Waals surface area contributed by atoms with E-state index >= 15 is 0 Å². The summed E-state index contributed by atoms with van der Waals surface area (Å²) in [5, 5.41) is 6.89. The number of hydrogen-bond donors (Lipinski definition) is 1. The summed E-state index contributed by atoms with van der Waals surface area (Å²) in [7, 11) is 2.07. The zero-order chi connectivity index (χ0) is 14.3. The van der Waals surface area contributed by atoms with Crippen molar-refractivity contribution in [1.29, 1.82) is 0 Å². The zero-order valence-corrected chi connectivity index (χ0v) is 12.4. The Labute approximate surface area is 118 Å². The van der Waals surface area contributed by atoms with Crippen molar-refractivity contribution >= 4 is 24.1 Å². The number of rotatable bonds is 5. The Morgan fingerprint density at radius 2 is 2.11 bits per heavy atom. The minimum absolute atomic E-state index is 0.250. The lowest BCUT2D eigenvalue weighted by Gasteiger charge is -2.17. The van der Waals surface area contributed by atoms with Gasteiger partial charge < -0.3 is 14.1 Å². The van der Waals surface area contributed by atoms with E-state index < -0.39 is 0 Å². The third kappa shape index (κ3) is 5.87. The zero-order valence-electron chi connectivity index (χ0n) is 11.6. The van der Waals surface area contributed by atoms with E-state index in [-0.39, 0.29) is 6.47 Å². The van der Waals surface area contributed by atoms with E-state index in [1.165, 1.54) is 24.1 Å². The van der Waals surface area contributed by atoms with Gasteiger partial charge in [0.15, 0.2) is 0 Å². The minimum atomic E-state index is -0.250. The molecule has 1 saturated carbocycles. The average Bonchev–Trinajstić information content (AvgIpc) is 3.20. The number of carbonyl (C=O) groups is 1. The maximum absolute atomic E-state index is 8.36. The molecule has 4 nitrogen and oxygen atoms in total. The fourth-order valence-corrected chi connectivity index (χ4v) is 1.91. The van der Waals surface area contributed by atoms with Gasteiger partial charge in [-0.15, -0.1) is 0 Å². The number of carboxylic acid groups (broad SMARTS) is 1. The van der Waals surface area contributed by atoms with Crippen molar-refractivity contribution in [3.63, 3.8) is 0 Å². The lowest BCUT2D eigenvalue weighted by Crippen LogP contribution is -2.06. The molecule has 1 fully saturated rings. The van der Waals surface area contributed by atoms with E-state index in [4.69, 9.17) is 14.6 Å². The molecule has 19 heavy (non-hydrogen) atoms. The summed E-state index contributed by atoms with van der Waals surface area (Å²) < 4.78 is 7.96. The molecule has 0 aromatic heterocycles. The Kier molecular flexibility index (Phi) is 6.56. The molecule has 0 aliphatic heterocycles. The normalized spacial score (nSPS) is 13.2. The molecule has 1 N–H and O–H groups in total. The fourth-order valence-electron chi connectivity index (χ4n) is 1.60. The molecule has 0 saturated heterocycles. The van der Waals surface area contributed by atoms with E-state index in [9.17, 15) is 0 Å². The third-order valence-corrected chi connectivity index (χ3v) is 3.61. The van der Waals surface area contributed by atoms with Gasteiger partial charge in [-0.05, 0) is 43.4 Å². The molecule has 0 unspecified atom stereocenters. The molecule has 1 aromatic carbocycles. The number of benzene rings is 1. The molecule has 0 amide bonds. The quantitative estimate of drug-likeness (QED) is 0.664. The molecular formula is C14H21NO3S. The molecular weight excluding hydrogens is 262 g/mol. The fraction of sp³-hybridized carbons (Fsp3) is 0.500. The van der Waals surface area contributed by atoms with Crippen molar-refractivity contribution in [2.24, 2.45) is 5.92 Å². The van der Waals surface area contributed by atoms with Gasteiger partial charge in [0.05, 0.1) is 12.3 Å². The van der Waals surface area contributed by atoms with Crippen molar-refractivity contribution in [2.75, 3.05) is 24.2 Å². The molecule has 1 aliphatic rings. The molecule has 106 valence electrons. The first-order chi connectivity index (χ1) is 9.10. The molecule has 0 bridgehead atoms. The lowest BCUT2D eigenvalue weighted by atomic mass is 10.2. The van der Waals surface area contributed by atoms with Gasteiger partial charge in [0.1, 0.15) is 5.75 Å². The van der Waals surface area contributed by atoms with Crippen LogP contribution in [-0.4, -0.2) is 31.5 Å². The molecule has 0 radical (unpaired) electrons. The monoisotopic (exact) mass is 283 g/mol. The number of hydrogen-bond acceptors (Lipinski definition) is 4. The van der Waals surface area contributed by atoms with E-state index in [1.807, 2.05) is 0 Å². The lowest BCUT2D eigenvalue weighted by molar-refractivity contribution is -0.122. The minimum Gasteiger partial charge on any atom is -0.493 e. The Bertz CT molecular complexity index is 408. The van der Waals surface area contributed by atoms with Crippen LogP contribution in [0.5, 0.6) is 5.75 Å². The highest BCUT2D eigenvalue weighted by Crippen LogP contribution is 2.31. The van der Waals surface area contributed by atoms with Gasteiger partial charge in [-0.1, -0.05) is 11.9 Å². The second-order valence-electron chi connectivity index (χ2n) is 4.54. The number of aryl methyl sites for hydroxylation is 1. The smallest absolute Gasteiger partial charge is 0.290 e. The highest BCUT2D eigenvalue weighted by molar-refractivity contribution is 7.99. The van der Waals surface area contributed by atoms with Crippen molar-refractivity contribution < 1.29 is 14.6 Å². The van der Waals surface area contributed by atoms with Crippen molar-refractivity contribution in [2.45, 2.75) is 19.8 Å². The van der Waals surface area contributed by atoms with Gasteiger partial charge in [-0.25, -0.2) is 0 Å². The van der Waals surface area contributed by atoms with Crippen LogP contribution in [-0.2, 0) is 4.79 Å². The summed E-state index contributed by atoms with van der Waals surface area (Å²) >= 11 is 1.71. The first-order valence-corrected chi connectivity index (χ1v) is 7.39. The second-order valence-corrected chi connectivity index (χ2v) is 5.46. The molecule has 0 spiro atoms. The second kappa shape index (κ2) is 7.94. The van der Waals surface area contributed by atoms with Crippen LogP contribution in [0, 0.1) is 12.8 Å². The van der Waals surface area contributed by atoms with Gasteiger partial charge in [0.25, 0.3) is 6.47 Å². The predicted octanol–water partition coefficient (Wildman–Crippen LogP) is 3.20. The van der Waals surface area contributed by atoms with Crippen molar-refractivity contribution in [1.82, 2.24) is 0 Å². The first kappa shape index (κ1) is 15.7. The van der Waals surface area contributed by atoms with E-state index in [1.54, 1.807) is 11.9 Å². The summed E-state index contributed by atoms with van der Waals surface area (Å²) in [4.78, 5) is 8.36. The van der Waals surface area contributed by atoms with Gasteiger partial charge in [-0.3, -0.25) is 4.79 Å². The topological polar surface area (TPSA) is 49.8 Å². The van der Waals surface area contributed by atoms with Crippen LogP contribution < -0.4 is 9.04 Å². The number of nitrogens with zero attached hydrogens (tertiary/aromatic N) is 1. The van der Waals surface area contributed by atoms with E-state index in [0.29, 0.717) is 0 Å². The maximum atomic E-state index is 8.36. The highest BCUT2D eigenvalue weighted by atomic mass is 32.2. The Balaban J connectivity index is 0.000000550. The van der Waals surface area contributed by atoms with Crippen LogP contribution in [0.2, 0.25) is 0 Å². The van der Waals surface area contributed by atoms with Crippen LogP contribution >= 0.6 is 11.9 Å². The molecule has 2 rings (SSSR count). The molecule has 0 atom stereocenters. The highest BCUT2D eigenvalue weighted by Gasteiger charge is 2.22. The summed E-state index contributed by atoms with van der Waals surface area (Å²) in [6.07, 6.45) is 4.75. The standard InChI is InChI=1S/C13H19NOS.CH2O2/c1-10-6-12(14(2)16-3)8-13(7-10)15-9-11-4-5-11;2-1-3/h6-8,11H,4-5,9H2,1-3H3;1H,(H,2,3). The summed E-state index contributed by atoms with van der Waals surface area (Å²) in [6.45, 7) is 2.74.